The molecule has 2 rings (SSSR count). The third-order valence-electron chi connectivity index (χ3n) is 2.65. The summed E-state index contributed by atoms with van der Waals surface area (Å²) in [5.74, 6) is 0. The molecule has 0 spiro atoms. The van der Waals surface area contributed by atoms with E-state index >= 15 is 0 Å². The third kappa shape index (κ3) is 3.72. The molecule has 0 atom stereocenters. The van der Waals surface area contributed by atoms with E-state index in [0.717, 1.165) is 10.7 Å². The van der Waals surface area contributed by atoms with Crippen LogP contribution >= 0.6 is 24.0 Å². The highest BCUT2D eigenvalue weighted by atomic mass is 32.2. The molecule has 1 nitrogen and oxygen atoms in total. The summed E-state index contributed by atoms with van der Waals surface area (Å²) in [7, 11) is 0. The number of thioether (sulfide) groups is 1. The van der Waals surface area contributed by atoms with E-state index in [0.29, 0.717) is 0 Å². The van der Waals surface area contributed by atoms with E-state index in [1.165, 1.54) is 5.56 Å². The Balaban J connectivity index is 2.01. The maximum atomic E-state index is 5.46. The Morgan fingerprint density at radius 3 is 2.33 bits per heavy atom. The molecule has 0 unspecified atom stereocenters. The maximum Gasteiger partial charge on any atom is 0.144 e. The van der Waals surface area contributed by atoms with Crippen LogP contribution in [0.5, 0.6) is 0 Å². The van der Waals surface area contributed by atoms with Crippen molar-refractivity contribution < 1.29 is 0 Å². The van der Waals surface area contributed by atoms with Gasteiger partial charge < -0.3 is 4.57 Å². The lowest BCUT2D eigenvalue weighted by atomic mass is 10.0. The lowest BCUT2D eigenvalue weighted by molar-refractivity contribution is 0.712. The largest absolute Gasteiger partial charge is 0.310 e. The van der Waals surface area contributed by atoms with Crippen LogP contribution in [0.2, 0.25) is 0 Å². The van der Waals surface area contributed by atoms with Crippen molar-refractivity contribution in [1.82, 2.24) is 4.57 Å². The number of thiocarbonyl (C=S) groups is 1. The van der Waals surface area contributed by atoms with Crippen molar-refractivity contribution in [3.8, 4) is 0 Å². The molecule has 1 aromatic carbocycles. The topological polar surface area (TPSA) is 4.93 Å². The van der Waals surface area contributed by atoms with Crippen molar-refractivity contribution in [3.05, 3.63) is 60.4 Å². The van der Waals surface area contributed by atoms with Gasteiger partial charge in [0, 0.05) is 17.1 Å². The summed E-state index contributed by atoms with van der Waals surface area (Å²) in [5.41, 5.74) is 1.35. The van der Waals surface area contributed by atoms with Crippen molar-refractivity contribution in [2.75, 3.05) is 0 Å². The molecular formula is C15H17NS2. The first kappa shape index (κ1) is 13.4. The van der Waals surface area contributed by atoms with E-state index in [4.69, 9.17) is 12.2 Å². The zero-order valence-corrected chi connectivity index (χ0v) is 12.3. The summed E-state index contributed by atoms with van der Waals surface area (Å²) in [6, 6.07) is 14.5. The normalized spacial score (nSPS) is 11.4. The molecule has 1 heterocycles. The fourth-order valence-corrected chi connectivity index (χ4v) is 3.61. The van der Waals surface area contributed by atoms with E-state index in [1.54, 1.807) is 11.8 Å². The highest BCUT2D eigenvalue weighted by Gasteiger charge is 2.21. The Labute approximate surface area is 118 Å². The zero-order valence-electron chi connectivity index (χ0n) is 10.7. The van der Waals surface area contributed by atoms with E-state index < -0.39 is 0 Å². The molecule has 0 N–H and O–H groups in total. The predicted molar refractivity (Wildman–Crippen MR) is 84.2 cm³/mol. The van der Waals surface area contributed by atoms with Crippen molar-refractivity contribution in [2.24, 2.45) is 0 Å². The lowest BCUT2D eigenvalue weighted by Crippen LogP contribution is -2.22. The van der Waals surface area contributed by atoms with E-state index in [2.05, 4.69) is 38.1 Å². The molecule has 1 aromatic heterocycles. The number of rotatable bonds is 3. The van der Waals surface area contributed by atoms with Gasteiger partial charge >= 0.3 is 0 Å². The number of aromatic nitrogens is 1. The van der Waals surface area contributed by atoms with Gasteiger partial charge in [-0.05, 0) is 38.0 Å². The Morgan fingerprint density at radius 2 is 1.72 bits per heavy atom. The van der Waals surface area contributed by atoms with Crippen LogP contribution in [-0.2, 0) is 6.42 Å². The summed E-state index contributed by atoms with van der Waals surface area (Å²) in [5, 5.41) is 0. The van der Waals surface area contributed by atoms with Crippen molar-refractivity contribution in [3.63, 3.8) is 0 Å². The van der Waals surface area contributed by atoms with Crippen LogP contribution in [0.4, 0.5) is 0 Å². The number of benzene rings is 1. The SMILES string of the molecule is CC(C)(Cc1ccccc1)SC(=S)n1cccc1. The molecule has 2 aromatic rings. The number of hydrogen-bond acceptors (Lipinski definition) is 2. The van der Waals surface area contributed by atoms with E-state index in [9.17, 15) is 0 Å². The predicted octanol–water partition coefficient (Wildman–Crippen LogP) is 4.38. The van der Waals surface area contributed by atoms with Gasteiger partial charge in [0.25, 0.3) is 0 Å². The summed E-state index contributed by atoms with van der Waals surface area (Å²) >= 11 is 7.21. The summed E-state index contributed by atoms with van der Waals surface area (Å²) < 4.78 is 3.00. The van der Waals surface area contributed by atoms with E-state index in [-0.39, 0.29) is 4.75 Å². The van der Waals surface area contributed by atoms with Gasteiger partial charge in [-0.25, -0.2) is 0 Å². The minimum Gasteiger partial charge on any atom is -0.310 e. The van der Waals surface area contributed by atoms with Crippen LogP contribution in [0.25, 0.3) is 0 Å². The molecule has 0 amide bonds. The van der Waals surface area contributed by atoms with Crippen LogP contribution in [-0.4, -0.2) is 13.6 Å². The molecule has 0 aliphatic rings. The van der Waals surface area contributed by atoms with Gasteiger partial charge in [-0.15, -0.1) is 0 Å². The molecule has 0 saturated carbocycles. The monoisotopic (exact) mass is 275 g/mol. The van der Waals surface area contributed by atoms with Gasteiger partial charge in [0.15, 0.2) is 0 Å². The van der Waals surface area contributed by atoms with E-state index in [1.807, 2.05) is 35.2 Å². The number of nitrogens with zero attached hydrogens (tertiary/aromatic N) is 1. The molecule has 0 aliphatic heterocycles. The first-order valence-electron chi connectivity index (χ1n) is 5.97. The summed E-state index contributed by atoms with van der Waals surface area (Å²) in [4.78, 5) is 0. The standard InChI is InChI=1S/C15H17NS2/c1-15(2,12-13-8-4-3-5-9-13)18-14(17)16-10-6-7-11-16/h3-11H,12H2,1-2H3. The van der Waals surface area contributed by atoms with Crippen LogP contribution in [0, 0.1) is 0 Å². The molecule has 0 aliphatic carbocycles. The molecule has 0 saturated heterocycles. The molecular weight excluding hydrogens is 258 g/mol. The maximum absolute atomic E-state index is 5.46. The third-order valence-corrected chi connectivity index (χ3v) is 4.19. The van der Waals surface area contributed by atoms with Crippen LogP contribution < -0.4 is 0 Å². The quantitative estimate of drug-likeness (QED) is 0.766. The van der Waals surface area contributed by atoms with Gasteiger partial charge in [-0.1, -0.05) is 54.3 Å². The average Bonchev–Trinajstić information content (AvgIpc) is 2.82. The van der Waals surface area contributed by atoms with Gasteiger partial charge in [0.2, 0.25) is 0 Å². The fourth-order valence-electron chi connectivity index (χ4n) is 1.87. The van der Waals surface area contributed by atoms with Gasteiger partial charge in [-0.2, -0.15) is 0 Å². The lowest BCUT2D eigenvalue weighted by Gasteiger charge is -2.24. The Hall–Kier alpha value is -1.06. The molecule has 0 fully saturated rings. The molecule has 18 heavy (non-hydrogen) atoms. The molecule has 3 heteroatoms. The van der Waals surface area contributed by atoms with Crippen molar-refractivity contribution >= 4 is 28.3 Å². The van der Waals surface area contributed by atoms with Gasteiger partial charge in [0.05, 0.1) is 0 Å². The van der Waals surface area contributed by atoms with Crippen LogP contribution in [0.3, 0.4) is 0 Å². The minimum atomic E-state index is 0.0999. The Kier molecular flexibility index (Phi) is 4.25. The van der Waals surface area contributed by atoms with Crippen molar-refractivity contribution in [2.45, 2.75) is 25.0 Å². The highest BCUT2D eigenvalue weighted by Crippen LogP contribution is 2.30. The summed E-state index contributed by atoms with van der Waals surface area (Å²) in [6.45, 7) is 4.47. The molecule has 0 radical (unpaired) electrons. The second-order valence-corrected chi connectivity index (χ2v) is 7.22. The molecule has 0 bridgehead atoms. The Morgan fingerprint density at radius 1 is 1.11 bits per heavy atom. The Bertz CT molecular complexity index is 501. The van der Waals surface area contributed by atoms with Crippen molar-refractivity contribution in [1.29, 1.82) is 0 Å². The van der Waals surface area contributed by atoms with Gasteiger partial charge in [0.1, 0.15) is 4.32 Å². The highest BCUT2D eigenvalue weighted by molar-refractivity contribution is 8.23. The zero-order chi connectivity index (χ0) is 13.0. The molecule has 94 valence electrons. The second-order valence-electron chi connectivity index (χ2n) is 4.88. The summed E-state index contributed by atoms with van der Waals surface area (Å²) in [6.07, 6.45) is 5.00. The smallest absolute Gasteiger partial charge is 0.144 e. The first-order chi connectivity index (χ1) is 8.57. The van der Waals surface area contributed by atoms with Gasteiger partial charge in [-0.3, -0.25) is 0 Å². The minimum absolute atomic E-state index is 0.0999. The fraction of sp³-hybridized carbons (Fsp3) is 0.267. The van der Waals surface area contributed by atoms with Crippen LogP contribution in [0.15, 0.2) is 54.9 Å². The average molecular weight is 275 g/mol. The van der Waals surface area contributed by atoms with Crippen LogP contribution in [0.1, 0.15) is 19.4 Å². The first-order valence-corrected chi connectivity index (χ1v) is 7.19. The number of hydrogen-bond donors (Lipinski definition) is 0. The second kappa shape index (κ2) is 5.72.